The average Bonchev–Trinajstić information content (AvgIpc) is 2.79. The van der Waals surface area contributed by atoms with E-state index in [9.17, 15) is 26.3 Å². The molecule has 2 aromatic rings. The Balaban J connectivity index is 2.65. The molecule has 19 heavy (non-hydrogen) atoms. The van der Waals surface area contributed by atoms with Crippen molar-refractivity contribution in [3.8, 4) is 5.69 Å². The highest BCUT2D eigenvalue weighted by Crippen LogP contribution is 2.37. The van der Waals surface area contributed by atoms with E-state index in [4.69, 9.17) is 0 Å². The first kappa shape index (κ1) is 13.4. The van der Waals surface area contributed by atoms with Crippen molar-refractivity contribution in [3.05, 3.63) is 47.8 Å². The summed E-state index contributed by atoms with van der Waals surface area (Å²) in [5.41, 5.74) is -3.00. The number of halogens is 6. The number of aromatic nitrogens is 2. The lowest BCUT2D eigenvalue weighted by Crippen LogP contribution is -2.14. The Morgan fingerprint density at radius 3 is 2.11 bits per heavy atom. The van der Waals surface area contributed by atoms with Gasteiger partial charge in [0.05, 0.1) is 16.8 Å². The summed E-state index contributed by atoms with van der Waals surface area (Å²) in [5, 5.41) is 3.53. The predicted molar refractivity (Wildman–Crippen MR) is 53.6 cm³/mol. The van der Waals surface area contributed by atoms with Crippen LogP contribution in [0.1, 0.15) is 11.1 Å². The van der Waals surface area contributed by atoms with E-state index < -0.39 is 29.2 Å². The SMILES string of the molecule is FC(F)(F)c1ccc(C(F)(F)F)c(-n2cccn2)c1. The van der Waals surface area contributed by atoms with Crippen molar-refractivity contribution in [3.63, 3.8) is 0 Å². The van der Waals surface area contributed by atoms with Crippen LogP contribution in [0, 0.1) is 0 Å². The molecule has 0 saturated heterocycles. The zero-order valence-electron chi connectivity index (χ0n) is 9.13. The minimum absolute atomic E-state index is 0.399. The van der Waals surface area contributed by atoms with Crippen LogP contribution < -0.4 is 0 Å². The van der Waals surface area contributed by atoms with Gasteiger partial charge in [0.25, 0.3) is 0 Å². The fourth-order valence-corrected chi connectivity index (χ4v) is 1.55. The van der Waals surface area contributed by atoms with Crippen molar-refractivity contribution in [2.75, 3.05) is 0 Å². The number of alkyl halides is 6. The third-order valence-electron chi connectivity index (χ3n) is 2.38. The molecule has 1 heterocycles. The molecule has 102 valence electrons. The van der Waals surface area contributed by atoms with E-state index in [-0.39, 0.29) is 0 Å². The summed E-state index contributed by atoms with van der Waals surface area (Å²) < 4.78 is 76.6. The van der Waals surface area contributed by atoms with E-state index in [1.807, 2.05) is 0 Å². The van der Waals surface area contributed by atoms with Gasteiger partial charge in [0.2, 0.25) is 0 Å². The predicted octanol–water partition coefficient (Wildman–Crippen LogP) is 3.91. The largest absolute Gasteiger partial charge is 0.418 e. The third kappa shape index (κ3) is 2.72. The molecule has 0 radical (unpaired) electrons. The molecule has 0 bridgehead atoms. The molecule has 2 rings (SSSR count). The Morgan fingerprint density at radius 1 is 0.947 bits per heavy atom. The van der Waals surface area contributed by atoms with Crippen molar-refractivity contribution < 1.29 is 26.3 Å². The molecule has 0 atom stereocenters. The van der Waals surface area contributed by atoms with Crippen LogP contribution in [0.25, 0.3) is 5.69 Å². The molecule has 1 aromatic carbocycles. The monoisotopic (exact) mass is 280 g/mol. The molecule has 2 nitrogen and oxygen atoms in total. The highest BCUT2D eigenvalue weighted by Gasteiger charge is 2.37. The molecule has 0 N–H and O–H groups in total. The van der Waals surface area contributed by atoms with Gasteiger partial charge in [-0.05, 0) is 24.3 Å². The van der Waals surface area contributed by atoms with Gasteiger partial charge in [0, 0.05) is 12.4 Å². The molecule has 8 heteroatoms. The van der Waals surface area contributed by atoms with E-state index in [0.717, 1.165) is 10.9 Å². The molecule has 0 spiro atoms. The van der Waals surface area contributed by atoms with E-state index in [1.165, 1.54) is 12.3 Å². The normalized spacial score (nSPS) is 12.7. The lowest BCUT2D eigenvalue weighted by Gasteiger charge is -2.15. The smallest absolute Gasteiger partial charge is 0.240 e. The van der Waals surface area contributed by atoms with Gasteiger partial charge < -0.3 is 0 Å². The quantitative estimate of drug-likeness (QED) is 0.724. The fraction of sp³-hybridized carbons (Fsp3) is 0.182. The number of rotatable bonds is 1. The van der Waals surface area contributed by atoms with Crippen LogP contribution in [0.3, 0.4) is 0 Å². The van der Waals surface area contributed by atoms with Crippen molar-refractivity contribution in [2.45, 2.75) is 12.4 Å². The summed E-state index contributed by atoms with van der Waals surface area (Å²) in [4.78, 5) is 0. The number of benzene rings is 1. The maximum Gasteiger partial charge on any atom is 0.418 e. The Bertz CT molecular complexity index is 568. The lowest BCUT2D eigenvalue weighted by atomic mass is 10.1. The van der Waals surface area contributed by atoms with Crippen molar-refractivity contribution in [1.29, 1.82) is 0 Å². The number of hydrogen-bond donors (Lipinski definition) is 0. The summed E-state index contributed by atoms with van der Waals surface area (Å²) in [6.07, 6.45) is -7.15. The molecule has 0 saturated carbocycles. The Kier molecular flexibility index (Phi) is 3.03. The fourth-order valence-electron chi connectivity index (χ4n) is 1.55. The summed E-state index contributed by atoms with van der Waals surface area (Å²) in [6, 6.07) is 2.55. The van der Waals surface area contributed by atoms with Crippen LogP contribution in [-0.2, 0) is 12.4 Å². The van der Waals surface area contributed by atoms with E-state index in [2.05, 4.69) is 5.10 Å². The van der Waals surface area contributed by atoms with Crippen LogP contribution in [-0.4, -0.2) is 9.78 Å². The van der Waals surface area contributed by atoms with Gasteiger partial charge in [0.1, 0.15) is 0 Å². The van der Waals surface area contributed by atoms with Gasteiger partial charge in [-0.3, -0.25) is 0 Å². The van der Waals surface area contributed by atoms with Crippen molar-refractivity contribution >= 4 is 0 Å². The Labute approximate surface area is 103 Å². The topological polar surface area (TPSA) is 17.8 Å². The first-order valence-corrected chi connectivity index (χ1v) is 4.98. The molecule has 0 unspecified atom stereocenters. The van der Waals surface area contributed by atoms with Gasteiger partial charge in [-0.25, -0.2) is 4.68 Å². The van der Waals surface area contributed by atoms with Gasteiger partial charge in [-0.15, -0.1) is 0 Å². The molecule has 0 aliphatic carbocycles. The summed E-state index contributed by atoms with van der Waals surface area (Å²) in [7, 11) is 0. The number of nitrogens with zero attached hydrogens (tertiary/aromatic N) is 2. The molecule has 0 aliphatic heterocycles. The van der Waals surface area contributed by atoms with Crippen LogP contribution in [0.4, 0.5) is 26.3 Å². The molecular formula is C11H6F6N2. The van der Waals surface area contributed by atoms with Crippen molar-refractivity contribution in [2.24, 2.45) is 0 Å². The van der Waals surface area contributed by atoms with E-state index in [0.29, 0.717) is 18.2 Å². The van der Waals surface area contributed by atoms with Crippen LogP contribution in [0.15, 0.2) is 36.7 Å². The second kappa shape index (κ2) is 4.29. The first-order chi connectivity index (χ1) is 8.69. The second-order valence-electron chi connectivity index (χ2n) is 3.68. The van der Waals surface area contributed by atoms with Gasteiger partial charge in [0.15, 0.2) is 0 Å². The van der Waals surface area contributed by atoms with Gasteiger partial charge >= 0.3 is 12.4 Å². The molecule has 1 aromatic heterocycles. The average molecular weight is 280 g/mol. The number of hydrogen-bond acceptors (Lipinski definition) is 1. The summed E-state index contributed by atoms with van der Waals surface area (Å²) in [6.45, 7) is 0. The zero-order chi connectivity index (χ0) is 14.3. The maximum absolute atomic E-state index is 12.7. The van der Waals surface area contributed by atoms with Crippen LogP contribution in [0.5, 0.6) is 0 Å². The highest BCUT2D eigenvalue weighted by atomic mass is 19.4. The van der Waals surface area contributed by atoms with Crippen molar-refractivity contribution in [1.82, 2.24) is 9.78 Å². The highest BCUT2D eigenvalue weighted by molar-refractivity contribution is 5.45. The summed E-state index contributed by atoms with van der Waals surface area (Å²) in [5.74, 6) is 0. The van der Waals surface area contributed by atoms with E-state index in [1.54, 1.807) is 0 Å². The van der Waals surface area contributed by atoms with Gasteiger partial charge in [-0.1, -0.05) is 0 Å². The summed E-state index contributed by atoms with van der Waals surface area (Å²) >= 11 is 0. The lowest BCUT2D eigenvalue weighted by molar-refractivity contribution is -0.141. The molecular weight excluding hydrogens is 274 g/mol. The first-order valence-electron chi connectivity index (χ1n) is 4.98. The second-order valence-corrected chi connectivity index (χ2v) is 3.68. The third-order valence-corrected chi connectivity index (χ3v) is 2.38. The zero-order valence-corrected chi connectivity index (χ0v) is 9.13. The van der Waals surface area contributed by atoms with E-state index >= 15 is 0 Å². The molecule has 0 fully saturated rings. The van der Waals surface area contributed by atoms with Crippen LogP contribution >= 0.6 is 0 Å². The maximum atomic E-state index is 12.7. The molecule has 0 amide bonds. The molecule has 0 aliphatic rings. The van der Waals surface area contributed by atoms with Gasteiger partial charge in [-0.2, -0.15) is 31.4 Å². The Hall–Kier alpha value is -1.99. The minimum atomic E-state index is -4.76. The minimum Gasteiger partial charge on any atom is -0.240 e. The Morgan fingerprint density at radius 2 is 1.63 bits per heavy atom. The van der Waals surface area contributed by atoms with Crippen LogP contribution in [0.2, 0.25) is 0 Å². The standard InChI is InChI=1S/C11H6F6N2/c12-10(13,14)7-2-3-8(11(15,16)17)9(6-7)19-5-1-4-18-19/h1-6H.